The molecule has 0 saturated carbocycles. The number of aromatic nitrogens is 1. The molecule has 0 bridgehead atoms. The van der Waals surface area contributed by atoms with E-state index < -0.39 is 17.6 Å². The van der Waals surface area contributed by atoms with Crippen LogP contribution in [-0.2, 0) is 0 Å². The van der Waals surface area contributed by atoms with E-state index in [1.807, 2.05) is 0 Å². The molecule has 1 aromatic heterocycles. The Hall–Kier alpha value is -3.29. The first kappa shape index (κ1) is 22.4. The summed E-state index contributed by atoms with van der Waals surface area (Å²) in [5.41, 5.74) is 1.11. The van der Waals surface area contributed by atoms with Crippen LogP contribution in [0.25, 0.3) is 0 Å². The van der Waals surface area contributed by atoms with Crippen molar-refractivity contribution in [1.82, 2.24) is 4.98 Å². The summed E-state index contributed by atoms with van der Waals surface area (Å²) in [5.74, 6) is -1.82. The Bertz CT molecular complexity index is 1200. The van der Waals surface area contributed by atoms with Crippen molar-refractivity contribution in [1.29, 1.82) is 5.41 Å². The third-order valence-corrected chi connectivity index (χ3v) is 4.84. The Balaban J connectivity index is 1.92. The molecule has 0 aliphatic carbocycles. The molecule has 0 radical (unpaired) electrons. The number of pyridine rings is 1. The van der Waals surface area contributed by atoms with Crippen LogP contribution in [0.5, 0.6) is 0 Å². The molecule has 0 spiro atoms. The lowest BCUT2D eigenvalue weighted by Gasteiger charge is -2.15. The fraction of sp³-hybridized carbons (Fsp3) is 0.0909. The zero-order valence-electron chi connectivity index (χ0n) is 16.5. The number of halogens is 3. The van der Waals surface area contributed by atoms with E-state index in [2.05, 4.69) is 15.6 Å². The van der Waals surface area contributed by atoms with E-state index in [-0.39, 0.29) is 28.3 Å². The number of carbonyl (C=O) groups excluding carboxylic acids is 2. The summed E-state index contributed by atoms with van der Waals surface area (Å²) < 4.78 is 14.4. The van der Waals surface area contributed by atoms with Gasteiger partial charge in [-0.05, 0) is 61.4 Å². The van der Waals surface area contributed by atoms with E-state index in [1.54, 1.807) is 19.1 Å². The quantitative estimate of drug-likeness (QED) is 0.426. The maximum Gasteiger partial charge on any atom is 0.258 e. The van der Waals surface area contributed by atoms with Gasteiger partial charge in [-0.25, -0.2) is 9.37 Å². The summed E-state index contributed by atoms with van der Waals surface area (Å²) in [6.45, 7) is 3.18. The molecule has 0 fully saturated rings. The Labute approximate surface area is 187 Å². The maximum absolute atomic E-state index is 14.4. The number of carbonyl (C=O) groups is 2. The van der Waals surface area contributed by atoms with Crippen LogP contribution in [0, 0.1) is 18.2 Å². The number of aryl methyl sites for hydroxylation is 1. The standard InChI is InChI=1S/C22H17Cl2FN4O2/c1-11-7-15(24)9-17(22(31)28-19-6-4-14(23)10-27-19)20(11)29-21(30)16-5-3-13(12(2)26)8-18(16)25/h3-10,26H,1-2H3,(H,29,30)(H,27,28,31). The third-order valence-electron chi connectivity index (χ3n) is 4.40. The normalized spacial score (nSPS) is 10.5. The second kappa shape index (κ2) is 9.24. The maximum atomic E-state index is 14.4. The van der Waals surface area contributed by atoms with Crippen molar-refractivity contribution in [2.75, 3.05) is 10.6 Å². The lowest BCUT2D eigenvalue weighted by atomic mass is 10.0. The summed E-state index contributed by atoms with van der Waals surface area (Å²) in [6.07, 6.45) is 1.38. The fourth-order valence-electron chi connectivity index (χ4n) is 2.83. The van der Waals surface area contributed by atoms with Crippen molar-refractivity contribution in [3.63, 3.8) is 0 Å². The fourth-order valence-corrected chi connectivity index (χ4v) is 3.22. The number of hydrogen-bond acceptors (Lipinski definition) is 4. The van der Waals surface area contributed by atoms with Gasteiger partial charge in [0.15, 0.2) is 0 Å². The van der Waals surface area contributed by atoms with Crippen LogP contribution in [0.1, 0.15) is 38.8 Å². The smallest absolute Gasteiger partial charge is 0.258 e. The van der Waals surface area contributed by atoms with E-state index in [0.717, 1.165) is 6.07 Å². The topological polar surface area (TPSA) is 94.9 Å². The second-order valence-electron chi connectivity index (χ2n) is 6.73. The molecule has 0 unspecified atom stereocenters. The van der Waals surface area contributed by atoms with Gasteiger partial charge in [0.1, 0.15) is 11.6 Å². The molecule has 2 amide bonds. The summed E-state index contributed by atoms with van der Waals surface area (Å²) in [7, 11) is 0. The van der Waals surface area contributed by atoms with Gasteiger partial charge in [0.25, 0.3) is 11.8 Å². The number of hydrogen-bond donors (Lipinski definition) is 3. The second-order valence-corrected chi connectivity index (χ2v) is 7.61. The molecule has 0 saturated heterocycles. The van der Waals surface area contributed by atoms with Crippen LogP contribution >= 0.6 is 23.2 Å². The molecule has 0 atom stereocenters. The van der Waals surface area contributed by atoms with E-state index in [4.69, 9.17) is 28.6 Å². The van der Waals surface area contributed by atoms with Crippen molar-refractivity contribution in [2.24, 2.45) is 0 Å². The third kappa shape index (κ3) is 5.25. The molecule has 2 aromatic carbocycles. The van der Waals surface area contributed by atoms with Gasteiger partial charge in [-0.1, -0.05) is 29.3 Å². The Kier molecular flexibility index (Phi) is 6.68. The van der Waals surface area contributed by atoms with Gasteiger partial charge >= 0.3 is 0 Å². The molecule has 1 heterocycles. The minimum absolute atomic E-state index is 0.0856. The Morgan fingerprint density at radius 1 is 0.968 bits per heavy atom. The molecule has 31 heavy (non-hydrogen) atoms. The van der Waals surface area contributed by atoms with Gasteiger partial charge in [-0.3, -0.25) is 9.59 Å². The van der Waals surface area contributed by atoms with Crippen molar-refractivity contribution in [3.05, 3.63) is 86.8 Å². The predicted octanol–water partition coefficient (Wildman–Crippen LogP) is 5.73. The number of amides is 2. The minimum atomic E-state index is -0.774. The molecule has 0 aliphatic rings. The van der Waals surface area contributed by atoms with Gasteiger partial charge in [0, 0.05) is 16.9 Å². The summed E-state index contributed by atoms with van der Waals surface area (Å²) in [6, 6.07) is 9.96. The van der Waals surface area contributed by atoms with E-state index in [9.17, 15) is 14.0 Å². The summed E-state index contributed by atoms with van der Waals surface area (Å²) in [5, 5.41) is 13.5. The van der Waals surface area contributed by atoms with Crippen LogP contribution < -0.4 is 10.6 Å². The first-order valence-corrected chi connectivity index (χ1v) is 9.81. The van der Waals surface area contributed by atoms with Gasteiger partial charge in [-0.2, -0.15) is 0 Å². The number of benzene rings is 2. The van der Waals surface area contributed by atoms with Gasteiger partial charge in [0.2, 0.25) is 0 Å². The minimum Gasteiger partial charge on any atom is -0.321 e. The van der Waals surface area contributed by atoms with Crippen LogP contribution in [-0.4, -0.2) is 22.5 Å². The van der Waals surface area contributed by atoms with E-state index in [1.165, 1.54) is 37.4 Å². The monoisotopic (exact) mass is 458 g/mol. The molecular weight excluding hydrogens is 442 g/mol. The largest absolute Gasteiger partial charge is 0.321 e. The number of anilines is 2. The SMILES string of the molecule is CC(=N)c1ccc(C(=O)Nc2c(C)cc(Cl)cc2C(=O)Nc2ccc(Cl)cn2)c(F)c1. The highest BCUT2D eigenvalue weighted by molar-refractivity contribution is 6.31. The predicted molar refractivity (Wildman–Crippen MR) is 120 cm³/mol. The molecule has 0 aliphatic heterocycles. The molecule has 9 heteroatoms. The molecule has 3 aromatic rings. The number of nitrogens with zero attached hydrogens (tertiary/aromatic N) is 1. The molecule has 158 valence electrons. The van der Waals surface area contributed by atoms with Gasteiger partial charge in [0.05, 0.1) is 21.8 Å². The van der Waals surface area contributed by atoms with Crippen LogP contribution in [0.2, 0.25) is 10.0 Å². The van der Waals surface area contributed by atoms with Crippen molar-refractivity contribution >= 4 is 52.2 Å². The molecular formula is C22H17Cl2FN4O2. The van der Waals surface area contributed by atoms with Crippen molar-refractivity contribution < 1.29 is 14.0 Å². The molecule has 3 rings (SSSR count). The van der Waals surface area contributed by atoms with E-state index in [0.29, 0.717) is 21.2 Å². The Morgan fingerprint density at radius 3 is 2.29 bits per heavy atom. The van der Waals surface area contributed by atoms with Crippen LogP contribution in [0.4, 0.5) is 15.9 Å². The number of nitrogens with one attached hydrogen (secondary N) is 3. The zero-order valence-corrected chi connectivity index (χ0v) is 18.0. The number of rotatable bonds is 5. The average molecular weight is 459 g/mol. The van der Waals surface area contributed by atoms with Gasteiger partial charge < -0.3 is 16.0 Å². The van der Waals surface area contributed by atoms with Crippen molar-refractivity contribution in [3.8, 4) is 0 Å². The highest BCUT2D eigenvalue weighted by Gasteiger charge is 2.20. The highest BCUT2D eigenvalue weighted by atomic mass is 35.5. The Morgan fingerprint density at radius 2 is 1.68 bits per heavy atom. The summed E-state index contributed by atoms with van der Waals surface area (Å²) >= 11 is 11.9. The average Bonchev–Trinajstić information content (AvgIpc) is 2.71. The first-order chi connectivity index (χ1) is 14.7. The van der Waals surface area contributed by atoms with E-state index >= 15 is 0 Å². The lowest BCUT2D eigenvalue weighted by Crippen LogP contribution is -2.20. The highest BCUT2D eigenvalue weighted by Crippen LogP contribution is 2.27. The van der Waals surface area contributed by atoms with Crippen LogP contribution in [0.15, 0.2) is 48.7 Å². The van der Waals surface area contributed by atoms with Crippen molar-refractivity contribution in [2.45, 2.75) is 13.8 Å². The molecule has 3 N–H and O–H groups in total. The lowest BCUT2D eigenvalue weighted by molar-refractivity contribution is 0.102. The van der Waals surface area contributed by atoms with Gasteiger partial charge in [-0.15, -0.1) is 0 Å². The summed E-state index contributed by atoms with van der Waals surface area (Å²) in [4.78, 5) is 29.6. The zero-order chi connectivity index (χ0) is 22.7. The van der Waals surface area contributed by atoms with Crippen LogP contribution in [0.3, 0.4) is 0 Å². The molecule has 6 nitrogen and oxygen atoms in total. The first-order valence-electron chi connectivity index (χ1n) is 9.05.